The highest BCUT2D eigenvalue weighted by molar-refractivity contribution is 5.85. The summed E-state index contributed by atoms with van der Waals surface area (Å²) in [4.78, 5) is 15.0. The number of piperidine rings is 1. The fourth-order valence-electron chi connectivity index (χ4n) is 3.14. The van der Waals surface area contributed by atoms with Crippen LogP contribution >= 0.6 is 12.4 Å². The van der Waals surface area contributed by atoms with Crippen LogP contribution in [0.3, 0.4) is 0 Å². The third-order valence-corrected chi connectivity index (χ3v) is 4.44. The number of amides is 1. The zero-order valence-corrected chi connectivity index (χ0v) is 13.4. The average molecular weight is 309 g/mol. The summed E-state index contributed by atoms with van der Waals surface area (Å²) < 4.78 is 0. The van der Waals surface area contributed by atoms with Crippen LogP contribution in [0.2, 0.25) is 0 Å². The van der Waals surface area contributed by atoms with Crippen molar-refractivity contribution in [2.45, 2.75) is 51.2 Å². The summed E-state index contributed by atoms with van der Waals surface area (Å²) in [6.45, 7) is 3.93. The Bertz CT molecular complexity index is 461. The number of nitrogens with zero attached hydrogens (tertiary/aromatic N) is 1. The van der Waals surface area contributed by atoms with E-state index >= 15 is 0 Å². The smallest absolute Gasteiger partial charge is 0.226 e. The monoisotopic (exact) mass is 308 g/mol. The van der Waals surface area contributed by atoms with Crippen molar-refractivity contribution < 1.29 is 4.79 Å². The molecule has 1 saturated carbocycles. The van der Waals surface area contributed by atoms with Gasteiger partial charge in [0.15, 0.2) is 0 Å². The second-order valence-corrected chi connectivity index (χ2v) is 6.26. The fraction of sp³-hybridized carbons (Fsp3) is 0.588. The van der Waals surface area contributed by atoms with E-state index in [1.54, 1.807) is 0 Å². The Morgan fingerprint density at radius 3 is 2.57 bits per heavy atom. The first-order chi connectivity index (χ1) is 9.74. The average Bonchev–Trinajstić information content (AvgIpc) is 3.30. The molecule has 4 heteroatoms. The third kappa shape index (κ3) is 4.21. The highest BCUT2D eigenvalue weighted by Gasteiger charge is 2.36. The number of hydrogen-bond donors (Lipinski definition) is 1. The van der Waals surface area contributed by atoms with Gasteiger partial charge in [-0.1, -0.05) is 30.3 Å². The van der Waals surface area contributed by atoms with Gasteiger partial charge >= 0.3 is 0 Å². The summed E-state index contributed by atoms with van der Waals surface area (Å²) in [6.07, 6.45) is 4.33. The van der Waals surface area contributed by atoms with Crippen molar-refractivity contribution in [3.63, 3.8) is 0 Å². The van der Waals surface area contributed by atoms with E-state index in [2.05, 4.69) is 41.4 Å². The molecular weight excluding hydrogens is 284 g/mol. The molecule has 2 fully saturated rings. The standard InChI is InChI=1S/C17H24N2O.ClH/c1-13-11-15(9-10-18-13)17(20)19(16-7-8-16)12-14-5-3-2-4-6-14;/h2-6,13,15-16,18H,7-12H2,1H3;1H/t13-,15-;/m0./s1. The zero-order chi connectivity index (χ0) is 13.9. The Balaban J connectivity index is 0.00000161. The molecule has 2 atom stereocenters. The summed E-state index contributed by atoms with van der Waals surface area (Å²) in [5, 5.41) is 3.43. The predicted molar refractivity (Wildman–Crippen MR) is 87.5 cm³/mol. The summed E-state index contributed by atoms with van der Waals surface area (Å²) in [7, 11) is 0. The lowest BCUT2D eigenvalue weighted by molar-refractivity contribution is -0.138. The molecule has 3 rings (SSSR count). The molecule has 0 aromatic heterocycles. The number of nitrogens with one attached hydrogen (secondary N) is 1. The maximum atomic E-state index is 12.8. The molecule has 0 unspecified atom stereocenters. The Morgan fingerprint density at radius 2 is 1.95 bits per heavy atom. The van der Waals surface area contributed by atoms with E-state index in [9.17, 15) is 4.79 Å². The molecule has 1 N–H and O–H groups in total. The van der Waals surface area contributed by atoms with Crippen molar-refractivity contribution >= 4 is 18.3 Å². The summed E-state index contributed by atoms with van der Waals surface area (Å²) >= 11 is 0. The Morgan fingerprint density at radius 1 is 1.24 bits per heavy atom. The maximum Gasteiger partial charge on any atom is 0.226 e. The Hall–Kier alpha value is -1.06. The highest BCUT2D eigenvalue weighted by atomic mass is 35.5. The lowest BCUT2D eigenvalue weighted by Crippen LogP contribution is -2.44. The fourth-order valence-corrected chi connectivity index (χ4v) is 3.14. The molecule has 0 radical (unpaired) electrons. The molecule has 0 bridgehead atoms. The van der Waals surface area contributed by atoms with Gasteiger partial charge in [-0.05, 0) is 44.7 Å². The van der Waals surface area contributed by atoms with Gasteiger partial charge in [0.25, 0.3) is 0 Å². The van der Waals surface area contributed by atoms with Gasteiger partial charge in [0.2, 0.25) is 5.91 Å². The van der Waals surface area contributed by atoms with E-state index in [1.807, 2.05) is 6.07 Å². The van der Waals surface area contributed by atoms with Gasteiger partial charge < -0.3 is 10.2 Å². The van der Waals surface area contributed by atoms with E-state index < -0.39 is 0 Å². The van der Waals surface area contributed by atoms with Gasteiger partial charge in [-0.2, -0.15) is 0 Å². The predicted octanol–water partition coefficient (Wildman–Crippen LogP) is 2.99. The number of benzene rings is 1. The molecule has 1 heterocycles. The van der Waals surface area contributed by atoms with E-state index in [4.69, 9.17) is 0 Å². The van der Waals surface area contributed by atoms with Crippen LogP contribution in [0.4, 0.5) is 0 Å². The number of hydrogen-bond acceptors (Lipinski definition) is 2. The first-order valence-corrected chi connectivity index (χ1v) is 7.82. The highest BCUT2D eigenvalue weighted by Crippen LogP contribution is 2.31. The molecule has 3 nitrogen and oxygen atoms in total. The van der Waals surface area contributed by atoms with Crippen molar-refractivity contribution in [1.29, 1.82) is 0 Å². The van der Waals surface area contributed by atoms with Gasteiger partial charge in [-0.15, -0.1) is 12.4 Å². The van der Waals surface area contributed by atoms with Crippen LogP contribution in [0.25, 0.3) is 0 Å². The maximum absolute atomic E-state index is 12.8. The van der Waals surface area contributed by atoms with Crippen LogP contribution in [0, 0.1) is 5.92 Å². The Kier molecular flexibility index (Phi) is 5.65. The first-order valence-electron chi connectivity index (χ1n) is 7.82. The van der Waals surface area contributed by atoms with Crippen molar-refractivity contribution in [3.05, 3.63) is 35.9 Å². The van der Waals surface area contributed by atoms with Crippen LogP contribution in [-0.4, -0.2) is 29.4 Å². The first kappa shape index (κ1) is 16.3. The third-order valence-electron chi connectivity index (χ3n) is 4.44. The molecule has 2 aliphatic rings. The largest absolute Gasteiger partial charge is 0.335 e. The molecule has 116 valence electrons. The molecule has 1 amide bonds. The van der Waals surface area contributed by atoms with Gasteiger partial charge in [0.1, 0.15) is 0 Å². The summed E-state index contributed by atoms with van der Waals surface area (Å²) in [6, 6.07) is 11.3. The second kappa shape index (κ2) is 7.28. The summed E-state index contributed by atoms with van der Waals surface area (Å²) in [5.41, 5.74) is 1.25. The molecular formula is C17H25ClN2O. The lowest BCUT2D eigenvalue weighted by Gasteiger charge is -2.32. The van der Waals surface area contributed by atoms with Crippen molar-refractivity contribution in [2.75, 3.05) is 6.54 Å². The van der Waals surface area contributed by atoms with Crippen molar-refractivity contribution in [1.82, 2.24) is 10.2 Å². The molecule has 1 aromatic carbocycles. The van der Waals surface area contributed by atoms with Gasteiger partial charge in [0, 0.05) is 24.5 Å². The molecule has 1 aliphatic heterocycles. The van der Waals surface area contributed by atoms with E-state index in [0.717, 1.165) is 25.9 Å². The zero-order valence-electron chi connectivity index (χ0n) is 12.6. The van der Waals surface area contributed by atoms with E-state index in [-0.39, 0.29) is 18.3 Å². The Labute approximate surface area is 133 Å². The molecule has 1 aromatic rings. The van der Waals surface area contributed by atoms with Crippen LogP contribution in [-0.2, 0) is 11.3 Å². The topological polar surface area (TPSA) is 32.3 Å². The van der Waals surface area contributed by atoms with Crippen LogP contribution < -0.4 is 5.32 Å². The second-order valence-electron chi connectivity index (χ2n) is 6.26. The van der Waals surface area contributed by atoms with Gasteiger partial charge in [0.05, 0.1) is 0 Å². The minimum Gasteiger partial charge on any atom is -0.335 e. The molecule has 21 heavy (non-hydrogen) atoms. The van der Waals surface area contributed by atoms with Gasteiger partial charge in [-0.25, -0.2) is 0 Å². The van der Waals surface area contributed by atoms with Crippen molar-refractivity contribution in [2.24, 2.45) is 5.92 Å². The lowest BCUT2D eigenvalue weighted by atomic mass is 9.91. The minimum atomic E-state index is 0. The summed E-state index contributed by atoms with van der Waals surface area (Å²) in [5.74, 6) is 0.597. The van der Waals surface area contributed by atoms with Crippen LogP contribution in [0.5, 0.6) is 0 Å². The molecule has 1 aliphatic carbocycles. The van der Waals surface area contributed by atoms with E-state index in [0.29, 0.717) is 18.0 Å². The SMILES string of the molecule is C[C@H]1C[C@@H](C(=O)N(Cc2ccccc2)C2CC2)CCN1.Cl. The normalized spacial score (nSPS) is 25.0. The number of rotatable bonds is 4. The number of carbonyl (C=O) groups is 1. The minimum absolute atomic E-state index is 0. The molecule has 1 saturated heterocycles. The number of carbonyl (C=O) groups excluding carboxylic acids is 1. The van der Waals surface area contributed by atoms with E-state index in [1.165, 1.54) is 18.4 Å². The van der Waals surface area contributed by atoms with Gasteiger partial charge in [-0.3, -0.25) is 4.79 Å². The van der Waals surface area contributed by atoms with Crippen LogP contribution in [0.15, 0.2) is 30.3 Å². The number of halogens is 1. The quantitative estimate of drug-likeness (QED) is 0.927. The molecule has 0 spiro atoms. The van der Waals surface area contributed by atoms with Crippen LogP contribution in [0.1, 0.15) is 38.2 Å². The van der Waals surface area contributed by atoms with Crippen molar-refractivity contribution in [3.8, 4) is 0 Å².